The van der Waals surface area contributed by atoms with Crippen LogP contribution in [-0.4, -0.2) is 0 Å². The predicted molar refractivity (Wildman–Crippen MR) is 105 cm³/mol. The molecule has 27 heavy (non-hydrogen) atoms. The van der Waals surface area contributed by atoms with Crippen LogP contribution in [0.15, 0.2) is 36.4 Å². The molecule has 2 aliphatic carbocycles. The fourth-order valence-corrected chi connectivity index (χ4v) is 11.9. The quantitative estimate of drug-likeness (QED) is 0.458. The fourth-order valence-electron chi connectivity index (χ4n) is 4.30. The summed E-state index contributed by atoms with van der Waals surface area (Å²) < 4.78 is 0.570. The van der Waals surface area contributed by atoms with Crippen LogP contribution in [0.5, 0.6) is 0 Å². The van der Waals surface area contributed by atoms with E-state index in [1.54, 1.807) is 11.1 Å². The first-order valence-electron chi connectivity index (χ1n) is 9.13. The van der Waals surface area contributed by atoms with Gasteiger partial charge in [-0.3, -0.25) is 0 Å². The Kier molecular flexibility index (Phi) is 6.42. The molecule has 0 nitrogen and oxygen atoms in total. The van der Waals surface area contributed by atoms with E-state index in [-0.39, 0.29) is 31.2 Å². The molecule has 2 aromatic carbocycles. The molecule has 0 saturated heterocycles. The number of halogens is 2. The topological polar surface area (TPSA) is 0 Å². The Morgan fingerprint density at radius 3 is 1.30 bits per heavy atom. The Hall–Kier alpha value is -0.630. The number of allylic oxidation sites excluding steroid dienone is 2. The molecule has 0 bridgehead atoms. The molecule has 2 aromatic rings. The van der Waals surface area contributed by atoms with Crippen LogP contribution >= 0.6 is 0 Å². The summed E-state index contributed by atoms with van der Waals surface area (Å²) in [6.07, 6.45) is 9.77. The van der Waals surface area contributed by atoms with Gasteiger partial charge in [0.1, 0.15) is 0 Å². The van der Waals surface area contributed by atoms with E-state index in [4.69, 9.17) is 0 Å². The van der Waals surface area contributed by atoms with E-state index in [1.165, 1.54) is 33.4 Å². The van der Waals surface area contributed by atoms with Gasteiger partial charge in [-0.15, -0.1) is 0 Å². The number of fused-ring (bicyclic) bond motifs is 2. The first-order valence-corrected chi connectivity index (χ1v) is 12.7. The number of rotatable bonds is 2. The molecule has 0 saturated carbocycles. The average Bonchev–Trinajstić information content (AvgIpc) is 3.00. The van der Waals surface area contributed by atoms with Gasteiger partial charge in [0.2, 0.25) is 0 Å². The summed E-state index contributed by atoms with van der Waals surface area (Å²) in [5.74, 6) is 0. The second-order valence-corrected chi connectivity index (χ2v) is 16.6. The predicted octanol–water partition coefficient (Wildman–Crippen LogP) is 0.195. The molecule has 0 fully saturated rings. The summed E-state index contributed by atoms with van der Waals surface area (Å²) in [7, 11) is 0. The standard InChI is InChI=1S/2C12H13.2ClH.Hf/c2*1-8-4-5-11-6-9(2)10(3)7-12(8)11;;;/h2*4-7H,1-3H3;2*1H;/q;;;;+2/p-2. The van der Waals surface area contributed by atoms with Crippen molar-refractivity contribution in [2.75, 3.05) is 0 Å². The maximum Gasteiger partial charge on any atom is -1.00 e. The van der Waals surface area contributed by atoms with Crippen molar-refractivity contribution in [2.45, 2.75) is 47.9 Å². The fraction of sp³-hybridized carbons (Fsp3) is 0.333. The molecule has 0 radical (unpaired) electrons. The molecule has 3 heteroatoms. The molecule has 4 rings (SSSR count). The minimum absolute atomic E-state index is 0. The summed E-state index contributed by atoms with van der Waals surface area (Å²) in [5.41, 5.74) is 11.7. The molecule has 0 aliphatic heterocycles. The van der Waals surface area contributed by atoms with Gasteiger partial charge in [-0.25, -0.2) is 0 Å². The average molecular weight is 564 g/mol. The van der Waals surface area contributed by atoms with Crippen molar-refractivity contribution in [2.24, 2.45) is 0 Å². The van der Waals surface area contributed by atoms with E-state index < -0.39 is 22.9 Å². The normalized spacial score (nSPS) is 23.9. The summed E-state index contributed by atoms with van der Waals surface area (Å²) in [6.45, 7) is 13.9. The van der Waals surface area contributed by atoms with Crippen LogP contribution in [-0.2, 0) is 29.2 Å². The van der Waals surface area contributed by atoms with Crippen molar-refractivity contribution in [3.05, 3.63) is 80.9 Å². The molecule has 0 heterocycles. The monoisotopic (exact) mass is 564 g/mol. The Morgan fingerprint density at radius 1 is 0.593 bits per heavy atom. The van der Waals surface area contributed by atoms with Crippen LogP contribution < -0.4 is 24.8 Å². The molecule has 2 aliphatic rings. The molecular weight excluding hydrogens is 538 g/mol. The molecule has 0 amide bonds. The van der Waals surface area contributed by atoms with Gasteiger partial charge in [0.05, 0.1) is 0 Å². The zero-order valence-electron chi connectivity index (χ0n) is 16.9. The molecule has 2 unspecified atom stereocenters. The van der Waals surface area contributed by atoms with Gasteiger partial charge in [-0.2, -0.15) is 0 Å². The number of hydrogen-bond donors (Lipinski definition) is 0. The minimum Gasteiger partial charge on any atom is -1.00 e. The largest absolute Gasteiger partial charge is 1.00 e. The van der Waals surface area contributed by atoms with E-state index in [2.05, 4.69) is 90.1 Å². The second kappa shape index (κ2) is 7.65. The molecule has 2 atom stereocenters. The van der Waals surface area contributed by atoms with Crippen molar-refractivity contribution in [3.8, 4) is 0 Å². The number of benzene rings is 2. The SMILES string of the molecule is Cc1cc2c(cc1C)[C](C)([Hf+2][C]1(C)C=Cc3cc(C)c(C)cc31)C=C2.[Cl-].[Cl-]. The van der Waals surface area contributed by atoms with Crippen molar-refractivity contribution in [3.63, 3.8) is 0 Å². The van der Waals surface area contributed by atoms with Crippen molar-refractivity contribution >= 4 is 12.2 Å². The van der Waals surface area contributed by atoms with Crippen LogP contribution in [0.4, 0.5) is 0 Å². The Labute approximate surface area is 187 Å². The number of aryl methyl sites for hydroxylation is 4. The Bertz CT molecular complexity index is 880. The van der Waals surface area contributed by atoms with Gasteiger partial charge in [-0.1, -0.05) is 0 Å². The van der Waals surface area contributed by atoms with E-state index in [0.717, 1.165) is 0 Å². The van der Waals surface area contributed by atoms with E-state index >= 15 is 0 Å². The molecule has 0 spiro atoms. The van der Waals surface area contributed by atoms with E-state index in [9.17, 15) is 0 Å². The van der Waals surface area contributed by atoms with Gasteiger partial charge in [0.25, 0.3) is 0 Å². The smallest absolute Gasteiger partial charge is 1.00 e. The maximum atomic E-state index is 2.51. The zero-order chi connectivity index (χ0) is 18.0. The summed E-state index contributed by atoms with van der Waals surface area (Å²) in [5, 5.41) is 0. The third-order valence-electron chi connectivity index (χ3n) is 6.16. The van der Waals surface area contributed by atoms with E-state index in [1.807, 2.05) is 0 Å². The number of hydrogen-bond acceptors (Lipinski definition) is 0. The minimum atomic E-state index is -1.11. The van der Waals surface area contributed by atoms with Gasteiger partial charge in [-0.05, 0) is 0 Å². The Balaban J connectivity index is 0.00000131. The molecule has 0 aromatic heterocycles. The van der Waals surface area contributed by atoms with Crippen LogP contribution in [0, 0.1) is 27.7 Å². The van der Waals surface area contributed by atoms with Crippen LogP contribution in [0.3, 0.4) is 0 Å². The zero-order valence-corrected chi connectivity index (χ0v) is 22.0. The summed E-state index contributed by atoms with van der Waals surface area (Å²) >= 11 is -1.11. The maximum absolute atomic E-state index is 2.51. The third kappa shape index (κ3) is 3.68. The first-order chi connectivity index (χ1) is 11.7. The second-order valence-electron chi connectivity index (χ2n) is 8.24. The summed E-state index contributed by atoms with van der Waals surface area (Å²) in [4.78, 5) is 0. The van der Waals surface area contributed by atoms with Crippen molar-refractivity contribution in [1.82, 2.24) is 0 Å². The van der Waals surface area contributed by atoms with Crippen molar-refractivity contribution in [1.29, 1.82) is 0 Å². The Morgan fingerprint density at radius 2 is 0.926 bits per heavy atom. The molecule has 140 valence electrons. The van der Waals surface area contributed by atoms with E-state index in [0.29, 0.717) is 0 Å². The third-order valence-corrected chi connectivity index (χ3v) is 13.0. The van der Waals surface area contributed by atoms with Gasteiger partial charge in [0.15, 0.2) is 0 Å². The van der Waals surface area contributed by atoms with Crippen molar-refractivity contribution < 1.29 is 47.7 Å². The summed E-state index contributed by atoms with van der Waals surface area (Å²) in [6, 6.07) is 9.68. The first kappa shape index (κ1) is 22.7. The molecular formula is C24H26Cl2Hf. The van der Waals surface area contributed by atoms with Gasteiger partial charge < -0.3 is 24.8 Å². The van der Waals surface area contributed by atoms with Gasteiger partial charge >= 0.3 is 164 Å². The van der Waals surface area contributed by atoms with Crippen LogP contribution in [0.2, 0.25) is 0 Å². The molecule has 0 N–H and O–H groups in total. The van der Waals surface area contributed by atoms with Gasteiger partial charge in [0, 0.05) is 0 Å². The van der Waals surface area contributed by atoms with Crippen LogP contribution in [0.1, 0.15) is 58.4 Å². The van der Waals surface area contributed by atoms with Crippen LogP contribution in [0.25, 0.3) is 12.2 Å².